The van der Waals surface area contributed by atoms with Crippen LogP contribution in [0.5, 0.6) is 11.6 Å². The number of hydrogen-bond donors (Lipinski definition) is 2. The molecule has 0 amide bonds. The Balaban J connectivity index is 0.00000405. The van der Waals surface area contributed by atoms with Gasteiger partial charge in [0.1, 0.15) is 29.6 Å². The summed E-state index contributed by atoms with van der Waals surface area (Å²) in [5.74, 6) is -0.395. The molecular formula is C31H36ClF2NO7. The van der Waals surface area contributed by atoms with Crippen LogP contribution in [0.15, 0.2) is 42.6 Å². The van der Waals surface area contributed by atoms with Gasteiger partial charge in [0.05, 0.1) is 30.4 Å². The summed E-state index contributed by atoms with van der Waals surface area (Å²) in [4.78, 5) is 15.3. The quantitative estimate of drug-likeness (QED) is 0.223. The van der Waals surface area contributed by atoms with Gasteiger partial charge in [0.2, 0.25) is 5.88 Å². The van der Waals surface area contributed by atoms with Crippen molar-refractivity contribution in [1.29, 1.82) is 0 Å². The minimum absolute atomic E-state index is 0. The Morgan fingerprint density at radius 3 is 2.52 bits per heavy atom. The predicted molar refractivity (Wildman–Crippen MR) is 152 cm³/mol. The molecule has 2 unspecified atom stereocenters. The van der Waals surface area contributed by atoms with E-state index in [4.69, 9.17) is 30.8 Å². The van der Waals surface area contributed by atoms with Crippen molar-refractivity contribution < 1.29 is 43.7 Å². The first-order valence-corrected chi connectivity index (χ1v) is 14.1. The number of aliphatic hydroxyl groups excluding tert-OH is 1. The van der Waals surface area contributed by atoms with Gasteiger partial charge < -0.3 is 25.2 Å². The van der Waals surface area contributed by atoms with Gasteiger partial charge in [-0.05, 0) is 74.8 Å². The molecule has 1 saturated carbocycles. The predicted octanol–water partition coefficient (Wildman–Crippen LogP) is 5.32. The number of aromatic nitrogens is 1. The molecular weight excluding hydrogens is 572 g/mol. The normalized spacial score (nSPS) is 24.5. The van der Waals surface area contributed by atoms with Gasteiger partial charge in [-0.25, -0.2) is 23.5 Å². The second kappa shape index (κ2) is 12.8. The molecule has 5 rings (SSSR count). The fourth-order valence-corrected chi connectivity index (χ4v) is 5.88. The summed E-state index contributed by atoms with van der Waals surface area (Å²) < 4.78 is 41.2. The number of aliphatic hydroxyl groups is 2. The van der Waals surface area contributed by atoms with Crippen LogP contribution in [0.4, 0.5) is 8.78 Å². The van der Waals surface area contributed by atoms with Crippen LogP contribution in [0.2, 0.25) is 5.02 Å². The zero-order valence-electron chi connectivity index (χ0n) is 23.8. The molecule has 11 heteroatoms. The van der Waals surface area contributed by atoms with Crippen molar-refractivity contribution in [2.24, 2.45) is 11.8 Å². The highest BCUT2D eigenvalue weighted by Gasteiger charge is 2.44. The molecule has 0 radical (unpaired) electrons. The molecule has 42 heavy (non-hydrogen) atoms. The lowest BCUT2D eigenvalue weighted by Gasteiger charge is -2.42. The molecule has 1 aromatic heterocycles. The first-order chi connectivity index (χ1) is 19.5. The summed E-state index contributed by atoms with van der Waals surface area (Å²) in [7, 11) is 0. The van der Waals surface area contributed by atoms with Crippen molar-refractivity contribution in [3.05, 3.63) is 75.9 Å². The highest BCUT2D eigenvalue weighted by atomic mass is 35.5. The van der Waals surface area contributed by atoms with E-state index in [-0.39, 0.29) is 46.7 Å². The topological polar surface area (TPSA) is 122 Å². The molecule has 0 aliphatic heterocycles. The molecule has 228 valence electrons. The highest BCUT2D eigenvalue weighted by molar-refractivity contribution is 6.33. The molecule has 0 spiro atoms. The molecule has 2 aromatic carbocycles. The summed E-state index contributed by atoms with van der Waals surface area (Å²) in [6.07, 6.45) is 3.36. The number of nitrogens with zero attached hydrogens (tertiary/aromatic N) is 1. The Kier molecular flexibility index (Phi) is 9.76. The van der Waals surface area contributed by atoms with Crippen molar-refractivity contribution in [2.75, 3.05) is 19.8 Å². The zero-order valence-corrected chi connectivity index (χ0v) is 24.5. The van der Waals surface area contributed by atoms with Crippen molar-refractivity contribution in [3.63, 3.8) is 0 Å². The number of benzene rings is 2. The Morgan fingerprint density at radius 1 is 1.07 bits per heavy atom. The zero-order chi connectivity index (χ0) is 29.4. The van der Waals surface area contributed by atoms with Gasteiger partial charge in [0.25, 0.3) is 0 Å². The van der Waals surface area contributed by atoms with Gasteiger partial charge in [0, 0.05) is 40.6 Å². The van der Waals surface area contributed by atoms with Gasteiger partial charge >= 0.3 is 0 Å². The van der Waals surface area contributed by atoms with Crippen LogP contribution in [-0.2, 0) is 28.4 Å². The van der Waals surface area contributed by atoms with E-state index in [1.54, 1.807) is 24.4 Å². The maximum Gasteiger partial charge on any atom is 0.213 e. The number of hydrogen-bond acceptors (Lipinski definition) is 7. The molecule has 2 atom stereocenters. The second-order valence-electron chi connectivity index (χ2n) is 11.2. The maximum absolute atomic E-state index is 14.9. The van der Waals surface area contributed by atoms with Crippen LogP contribution in [0.25, 0.3) is 11.1 Å². The van der Waals surface area contributed by atoms with E-state index in [9.17, 15) is 19.0 Å². The number of rotatable bonds is 11. The number of fused-ring (bicyclic) bond motifs is 1. The van der Waals surface area contributed by atoms with Gasteiger partial charge in [-0.15, -0.1) is 0 Å². The fraction of sp³-hybridized carbons (Fsp3) is 0.452. The largest absolute Gasteiger partial charge is 0.493 e. The first kappa shape index (κ1) is 32.1. The molecule has 3 aromatic rings. The lowest BCUT2D eigenvalue weighted by molar-refractivity contribution is -0.369. The van der Waals surface area contributed by atoms with E-state index in [1.807, 2.05) is 19.9 Å². The molecule has 8 nitrogen and oxygen atoms in total. The molecule has 2 aliphatic carbocycles. The maximum atomic E-state index is 14.9. The van der Waals surface area contributed by atoms with Gasteiger partial charge in [-0.2, -0.15) is 0 Å². The van der Waals surface area contributed by atoms with Crippen LogP contribution in [-0.4, -0.2) is 46.1 Å². The van der Waals surface area contributed by atoms with Crippen LogP contribution in [0.3, 0.4) is 0 Å². The molecule has 1 fully saturated rings. The number of pyridine rings is 1. The van der Waals surface area contributed by atoms with Gasteiger partial charge in [0.15, 0.2) is 0 Å². The lowest BCUT2D eigenvalue weighted by atomic mass is 9.72. The Morgan fingerprint density at radius 2 is 1.83 bits per heavy atom. The number of ether oxygens (including phenoxy) is 2. The van der Waals surface area contributed by atoms with Crippen LogP contribution in [0, 0.1) is 23.5 Å². The van der Waals surface area contributed by atoms with E-state index >= 15 is 0 Å². The van der Waals surface area contributed by atoms with Crippen molar-refractivity contribution in [2.45, 2.75) is 57.8 Å². The van der Waals surface area contributed by atoms with E-state index in [0.717, 1.165) is 23.6 Å². The summed E-state index contributed by atoms with van der Waals surface area (Å²) in [5.41, 5.74) is 0.952. The van der Waals surface area contributed by atoms with Crippen molar-refractivity contribution in [3.8, 4) is 22.8 Å². The van der Waals surface area contributed by atoms with Crippen LogP contribution in [0.1, 0.15) is 50.3 Å². The SMILES string of the molecule is CCOOC1(C)c2cnc(OCc3cc(-c4ccc(OCC5CC(O)(CO)C5)cc4Cl)c(F)cc3F)cc2CC1C.O. The molecule has 0 saturated heterocycles. The van der Waals surface area contributed by atoms with Crippen LogP contribution >= 0.6 is 11.6 Å². The molecule has 4 N–H and O–H groups in total. The average molecular weight is 608 g/mol. The summed E-state index contributed by atoms with van der Waals surface area (Å²) in [6, 6.07) is 8.88. The minimum atomic E-state index is -1.02. The minimum Gasteiger partial charge on any atom is -0.493 e. The van der Waals surface area contributed by atoms with E-state index in [1.165, 1.54) is 6.07 Å². The highest BCUT2D eigenvalue weighted by Crippen LogP contribution is 2.45. The third-order valence-corrected chi connectivity index (χ3v) is 8.49. The molecule has 1 heterocycles. The van der Waals surface area contributed by atoms with Crippen molar-refractivity contribution >= 4 is 11.6 Å². The van der Waals surface area contributed by atoms with Gasteiger partial charge in [-0.3, -0.25) is 0 Å². The third-order valence-electron chi connectivity index (χ3n) is 8.18. The van der Waals surface area contributed by atoms with E-state index in [2.05, 4.69) is 11.9 Å². The van der Waals surface area contributed by atoms with E-state index < -0.39 is 22.8 Å². The summed E-state index contributed by atoms with van der Waals surface area (Å²) in [5, 5.41) is 19.4. The van der Waals surface area contributed by atoms with Crippen LogP contribution < -0.4 is 9.47 Å². The van der Waals surface area contributed by atoms with Gasteiger partial charge in [-0.1, -0.05) is 18.5 Å². The molecule has 2 aliphatic rings. The van der Waals surface area contributed by atoms with Crippen molar-refractivity contribution in [1.82, 2.24) is 4.98 Å². The van der Waals surface area contributed by atoms with E-state index in [0.29, 0.717) is 43.2 Å². The standard InChI is InChI=1S/C31H34ClF2NO6.H2O/c1-4-40-41-30(3)18(2)7-20-9-29(35-14-25(20)30)39-16-21-8-24(28(34)11-27(21)33)23-6-5-22(10-26(23)32)38-15-19-12-31(37,13-19)17-36;/h5-6,8-11,14,18-19,36-37H,4,7,12-13,15-17H2,1-3H3;1H2. The number of halogens is 3. The first-order valence-electron chi connectivity index (χ1n) is 13.7. The summed E-state index contributed by atoms with van der Waals surface area (Å²) >= 11 is 6.48. The molecule has 0 bridgehead atoms. The Labute approximate surface area is 248 Å². The Bertz CT molecular complexity index is 1420. The lowest BCUT2D eigenvalue weighted by Crippen LogP contribution is -2.48. The average Bonchev–Trinajstić information content (AvgIpc) is 3.18. The third kappa shape index (κ3) is 6.39. The fourth-order valence-electron chi connectivity index (χ4n) is 5.61. The summed E-state index contributed by atoms with van der Waals surface area (Å²) in [6.45, 7) is 6.26. The second-order valence-corrected chi connectivity index (χ2v) is 11.6. The monoisotopic (exact) mass is 607 g/mol. The Hall–Kier alpha value is -2.86. The smallest absolute Gasteiger partial charge is 0.213 e.